The number of carboxylic acids is 1. The minimum absolute atomic E-state index is 0.380. The zero-order valence-corrected chi connectivity index (χ0v) is 12.7. The summed E-state index contributed by atoms with van der Waals surface area (Å²) in [6.45, 7) is 0. The van der Waals surface area contributed by atoms with Crippen LogP contribution in [0.3, 0.4) is 0 Å². The average Bonchev–Trinajstić information content (AvgIpc) is 3.03. The third-order valence-electron chi connectivity index (χ3n) is 4.21. The number of halogens is 1. The summed E-state index contributed by atoms with van der Waals surface area (Å²) in [7, 11) is 1.49. The topological polar surface area (TPSA) is 105 Å². The Kier molecular flexibility index (Phi) is 3.56. The number of fused-ring (bicyclic) bond motifs is 1. The van der Waals surface area contributed by atoms with E-state index in [0.717, 1.165) is 18.6 Å². The summed E-state index contributed by atoms with van der Waals surface area (Å²) in [4.78, 5) is 36.3. The molecule has 0 spiro atoms. The van der Waals surface area contributed by atoms with Gasteiger partial charge in [-0.05, 0) is 31.4 Å². The van der Waals surface area contributed by atoms with E-state index in [1.54, 1.807) is 6.07 Å². The molecule has 0 saturated heterocycles. The van der Waals surface area contributed by atoms with Gasteiger partial charge >= 0.3 is 11.7 Å². The van der Waals surface area contributed by atoms with Crippen LogP contribution in [0.2, 0.25) is 0 Å². The van der Waals surface area contributed by atoms with E-state index in [1.807, 2.05) is 0 Å². The summed E-state index contributed by atoms with van der Waals surface area (Å²) >= 11 is 0. The molecule has 0 fully saturated rings. The van der Waals surface area contributed by atoms with Gasteiger partial charge in [-0.2, -0.15) is 5.26 Å². The smallest absolute Gasteiger partial charge is 0.337 e. The van der Waals surface area contributed by atoms with Crippen LogP contribution < -0.4 is 11.2 Å². The van der Waals surface area contributed by atoms with Crippen molar-refractivity contribution in [1.29, 1.82) is 5.26 Å². The maximum atomic E-state index is 14.4. The maximum absolute atomic E-state index is 14.4. The van der Waals surface area contributed by atoms with Crippen molar-refractivity contribution >= 4 is 5.97 Å². The van der Waals surface area contributed by atoms with Crippen molar-refractivity contribution in [3.8, 4) is 11.8 Å². The highest BCUT2D eigenvalue weighted by atomic mass is 19.1. The Hall–Kier alpha value is -3.21. The molecule has 1 N–H and O–H groups in total. The molecule has 1 aromatic heterocycles. The molecule has 1 aromatic carbocycles. The van der Waals surface area contributed by atoms with E-state index in [4.69, 9.17) is 10.4 Å². The molecule has 8 heteroatoms. The van der Waals surface area contributed by atoms with Gasteiger partial charge in [0, 0.05) is 18.3 Å². The van der Waals surface area contributed by atoms with Gasteiger partial charge in [-0.1, -0.05) is 0 Å². The Bertz CT molecular complexity index is 1040. The largest absolute Gasteiger partial charge is 0.478 e. The number of benzene rings is 1. The van der Waals surface area contributed by atoms with Crippen LogP contribution in [-0.4, -0.2) is 20.2 Å². The predicted molar refractivity (Wildman–Crippen MR) is 80.9 cm³/mol. The first-order valence-corrected chi connectivity index (χ1v) is 7.18. The molecule has 1 heterocycles. The summed E-state index contributed by atoms with van der Waals surface area (Å²) in [6.07, 6.45) is 1.79. The molecule has 0 atom stereocenters. The third-order valence-corrected chi connectivity index (χ3v) is 4.21. The highest BCUT2D eigenvalue weighted by Gasteiger charge is 2.24. The summed E-state index contributed by atoms with van der Waals surface area (Å²) in [6, 6.07) is 3.15. The second-order valence-corrected chi connectivity index (χ2v) is 5.53. The predicted octanol–water partition coefficient (Wildman–Crippen LogP) is 0.734. The Balaban J connectivity index is 2.40. The number of carboxylic acid groups (broad SMARTS) is 1. The fraction of sp³-hybridized carbons (Fsp3) is 0.250. The molecule has 7 nitrogen and oxygen atoms in total. The van der Waals surface area contributed by atoms with Gasteiger partial charge in [-0.25, -0.2) is 18.5 Å². The molecule has 0 radical (unpaired) electrons. The molecule has 3 rings (SSSR count). The van der Waals surface area contributed by atoms with Crippen molar-refractivity contribution in [2.45, 2.75) is 19.3 Å². The quantitative estimate of drug-likeness (QED) is 0.874. The summed E-state index contributed by atoms with van der Waals surface area (Å²) in [5.41, 5.74) is -1.66. The van der Waals surface area contributed by atoms with Crippen molar-refractivity contribution in [3.05, 3.63) is 61.2 Å². The van der Waals surface area contributed by atoms with Crippen molar-refractivity contribution in [2.24, 2.45) is 7.05 Å². The lowest BCUT2D eigenvalue weighted by Gasteiger charge is -2.13. The lowest BCUT2D eigenvalue weighted by atomic mass is 10.1. The summed E-state index contributed by atoms with van der Waals surface area (Å²) < 4.78 is 16.3. The van der Waals surface area contributed by atoms with Crippen LogP contribution in [0.1, 0.15) is 33.6 Å². The minimum Gasteiger partial charge on any atom is -0.478 e. The Morgan fingerprint density at radius 1 is 1.33 bits per heavy atom. The molecule has 0 amide bonds. The van der Waals surface area contributed by atoms with Crippen LogP contribution >= 0.6 is 0 Å². The highest BCUT2D eigenvalue weighted by molar-refractivity contribution is 5.91. The summed E-state index contributed by atoms with van der Waals surface area (Å²) in [5, 5.41) is 18.1. The molecule has 0 bridgehead atoms. The lowest BCUT2D eigenvalue weighted by molar-refractivity contribution is 0.0696. The SMILES string of the molecule is Cn1c2c(c(=O)n(-c3cc(C(=O)O)c(C#N)cc3F)c1=O)CCC2. The van der Waals surface area contributed by atoms with Gasteiger partial charge in [0.15, 0.2) is 0 Å². The number of rotatable bonds is 2. The number of nitrogens with zero attached hydrogens (tertiary/aromatic N) is 3. The highest BCUT2D eigenvalue weighted by Crippen LogP contribution is 2.20. The van der Waals surface area contributed by atoms with E-state index in [-0.39, 0.29) is 5.56 Å². The van der Waals surface area contributed by atoms with Gasteiger partial charge in [-0.3, -0.25) is 4.79 Å². The van der Waals surface area contributed by atoms with Gasteiger partial charge in [-0.15, -0.1) is 0 Å². The maximum Gasteiger partial charge on any atom is 0.337 e. The minimum atomic E-state index is -1.45. The van der Waals surface area contributed by atoms with Crippen LogP contribution in [0.5, 0.6) is 0 Å². The molecule has 0 saturated carbocycles. The first-order chi connectivity index (χ1) is 11.4. The van der Waals surface area contributed by atoms with Gasteiger partial charge in [0.2, 0.25) is 0 Å². The summed E-state index contributed by atoms with van der Waals surface area (Å²) in [5.74, 6) is -2.45. The average molecular weight is 329 g/mol. The van der Waals surface area contributed by atoms with E-state index >= 15 is 0 Å². The molecular weight excluding hydrogens is 317 g/mol. The second kappa shape index (κ2) is 5.45. The van der Waals surface area contributed by atoms with Gasteiger partial charge < -0.3 is 9.67 Å². The lowest BCUT2D eigenvalue weighted by Crippen LogP contribution is -2.41. The Morgan fingerprint density at radius 2 is 2.04 bits per heavy atom. The van der Waals surface area contributed by atoms with Crippen LogP contribution in [0.4, 0.5) is 4.39 Å². The number of aromatic nitrogens is 2. The van der Waals surface area contributed by atoms with E-state index in [2.05, 4.69) is 0 Å². The number of hydrogen-bond donors (Lipinski definition) is 1. The normalized spacial score (nSPS) is 12.7. The van der Waals surface area contributed by atoms with E-state index in [9.17, 15) is 18.8 Å². The third kappa shape index (κ3) is 2.13. The van der Waals surface area contributed by atoms with Crippen LogP contribution in [0.25, 0.3) is 5.69 Å². The molecule has 1 aliphatic rings. The zero-order valence-electron chi connectivity index (χ0n) is 12.7. The van der Waals surface area contributed by atoms with Gasteiger partial charge in [0.05, 0.1) is 16.8 Å². The number of carbonyl (C=O) groups is 1. The standard InChI is InChI=1S/C16H12FN3O4/c1-19-12-4-2-3-9(12)14(21)20(16(19)24)13-6-10(15(22)23)8(7-18)5-11(13)17/h5-6H,2-4H2,1H3,(H,22,23). The molecule has 0 unspecified atom stereocenters. The van der Waals surface area contributed by atoms with E-state index in [0.29, 0.717) is 28.7 Å². The Labute approximate surface area is 134 Å². The molecule has 1 aliphatic carbocycles. The van der Waals surface area contributed by atoms with E-state index in [1.165, 1.54) is 11.6 Å². The van der Waals surface area contributed by atoms with Crippen molar-refractivity contribution in [2.75, 3.05) is 0 Å². The van der Waals surface area contributed by atoms with Crippen molar-refractivity contribution < 1.29 is 14.3 Å². The number of nitriles is 1. The number of aromatic carboxylic acids is 1. The van der Waals surface area contributed by atoms with E-state index < -0.39 is 34.3 Å². The Morgan fingerprint density at radius 3 is 2.67 bits per heavy atom. The van der Waals surface area contributed by atoms with Gasteiger partial charge in [0.1, 0.15) is 11.9 Å². The molecule has 0 aliphatic heterocycles. The van der Waals surface area contributed by atoms with Gasteiger partial charge in [0.25, 0.3) is 5.56 Å². The van der Waals surface area contributed by atoms with Crippen LogP contribution in [0, 0.1) is 17.1 Å². The monoisotopic (exact) mass is 329 g/mol. The second-order valence-electron chi connectivity index (χ2n) is 5.53. The number of hydrogen-bond acceptors (Lipinski definition) is 4. The first-order valence-electron chi connectivity index (χ1n) is 7.18. The van der Waals surface area contributed by atoms with Crippen LogP contribution in [0.15, 0.2) is 21.7 Å². The fourth-order valence-electron chi connectivity index (χ4n) is 3.03. The molecule has 2 aromatic rings. The molecule has 24 heavy (non-hydrogen) atoms. The van der Waals surface area contributed by atoms with Crippen molar-refractivity contribution in [1.82, 2.24) is 9.13 Å². The van der Waals surface area contributed by atoms with Crippen LogP contribution in [-0.2, 0) is 19.9 Å². The first kappa shape index (κ1) is 15.7. The van der Waals surface area contributed by atoms with Crippen molar-refractivity contribution in [3.63, 3.8) is 0 Å². The molecule has 122 valence electrons. The fourth-order valence-corrected chi connectivity index (χ4v) is 3.03. The zero-order chi connectivity index (χ0) is 17.6. The molecular formula is C16H12FN3O4.